The van der Waals surface area contributed by atoms with Gasteiger partial charge in [-0.2, -0.15) is 0 Å². The molecular weight excluding hydrogens is 366 g/mol. The minimum absolute atomic E-state index is 0.921. The molecule has 2 unspecified atom stereocenters. The van der Waals surface area contributed by atoms with Crippen LogP contribution in [0, 0.1) is 0 Å². The summed E-state index contributed by atoms with van der Waals surface area (Å²) in [5.74, 6) is 0. The number of allylic oxidation sites excluding steroid dienone is 1. The van der Waals surface area contributed by atoms with Crippen molar-refractivity contribution in [2.75, 3.05) is 0 Å². The Morgan fingerprint density at radius 3 is 2.05 bits per heavy atom. The number of hydrogen-bond acceptors (Lipinski definition) is 0. The summed E-state index contributed by atoms with van der Waals surface area (Å²) in [6.45, 7) is 0. The first-order valence-corrected chi connectivity index (χ1v) is 16.8. The average molecular weight is 386 g/mol. The number of rotatable bonds is 2. The van der Waals surface area contributed by atoms with E-state index in [2.05, 4.69) is 71.6 Å². The molecule has 1 heterocycles. The molecule has 1 aliphatic heterocycles. The molecule has 0 fully saturated rings. The van der Waals surface area contributed by atoms with Gasteiger partial charge in [0.15, 0.2) is 0 Å². The van der Waals surface area contributed by atoms with Crippen LogP contribution in [-0.2, 0) is 0 Å². The van der Waals surface area contributed by atoms with E-state index in [0.717, 1.165) is 0 Å². The minimum atomic E-state index is -1.01. The Labute approximate surface area is 129 Å². The first kappa shape index (κ1) is 14.2. The molecule has 20 heavy (non-hydrogen) atoms. The van der Waals surface area contributed by atoms with Gasteiger partial charge >= 0.3 is 130 Å². The van der Waals surface area contributed by atoms with Gasteiger partial charge in [0.25, 0.3) is 0 Å². The number of benzene rings is 2. The standard InChI is InChI=1S/C18H20As2/c1-2-10-16-20(18-13-7-4-8-14-18)19(15-9-1)17-11-5-3-6-12-17/h3-9,11-15H,1-2,10,16H2. The summed E-state index contributed by atoms with van der Waals surface area (Å²) in [5.41, 5.74) is 0. The molecule has 2 aromatic carbocycles. The van der Waals surface area contributed by atoms with Gasteiger partial charge in [-0.25, -0.2) is 0 Å². The predicted molar refractivity (Wildman–Crippen MR) is 91.5 cm³/mol. The van der Waals surface area contributed by atoms with Crippen molar-refractivity contribution < 1.29 is 0 Å². The summed E-state index contributed by atoms with van der Waals surface area (Å²) in [6.07, 6.45) is 6.58. The van der Waals surface area contributed by atoms with Gasteiger partial charge in [-0.05, 0) is 0 Å². The SMILES string of the molecule is C1=C[As](c2ccccc2)[As](c2ccccc2)CCCC1. The molecule has 0 radical (unpaired) electrons. The first-order chi connectivity index (χ1) is 9.95. The van der Waals surface area contributed by atoms with Crippen LogP contribution in [0.15, 0.2) is 71.6 Å². The van der Waals surface area contributed by atoms with Gasteiger partial charge in [0.2, 0.25) is 0 Å². The van der Waals surface area contributed by atoms with E-state index in [1.165, 1.54) is 24.5 Å². The zero-order valence-electron chi connectivity index (χ0n) is 11.7. The second-order valence-electron chi connectivity index (χ2n) is 5.02. The Bertz CT molecular complexity index is 548. The molecule has 3 rings (SSSR count). The van der Waals surface area contributed by atoms with E-state index in [4.69, 9.17) is 0 Å². The maximum absolute atomic E-state index is 2.65. The van der Waals surface area contributed by atoms with E-state index in [9.17, 15) is 0 Å². The van der Waals surface area contributed by atoms with Gasteiger partial charge < -0.3 is 0 Å². The van der Waals surface area contributed by atoms with E-state index in [-0.39, 0.29) is 0 Å². The van der Waals surface area contributed by atoms with Gasteiger partial charge in [-0.1, -0.05) is 0 Å². The second-order valence-corrected chi connectivity index (χ2v) is 21.8. The molecule has 0 aromatic heterocycles. The van der Waals surface area contributed by atoms with Crippen LogP contribution in [0.1, 0.15) is 19.3 Å². The monoisotopic (exact) mass is 386 g/mol. The molecule has 0 bridgehead atoms. The van der Waals surface area contributed by atoms with Crippen LogP contribution in [0.4, 0.5) is 0 Å². The van der Waals surface area contributed by atoms with Crippen LogP contribution in [0.2, 0.25) is 5.21 Å². The van der Waals surface area contributed by atoms with Crippen LogP contribution in [0.5, 0.6) is 0 Å². The van der Waals surface area contributed by atoms with Gasteiger partial charge in [-0.3, -0.25) is 0 Å². The third kappa shape index (κ3) is 3.49. The third-order valence-electron chi connectivity index (χ3n) is 3.57. The van der Waals surface area contributed by atoms with E-state index in [1.54, 1.807) is 8.70 Å². The molecule has 102 valence electrons. The van der Waals surface area contributed by atoms with E-state index >= 15 is 0 Å². The summed E-state index contributed by atoms with van der Waals surface area (Å²) in [5, 5.41) is 1.50. The van der Waals surface area contributed by atoms with Gasteiger partial charge in [-0.15, -0.1) is 0 Å². The van der Waals surface area contributed by atoms with Gasteiger partial charge in [0.1, 0.15) is 0 Å². The zero-order chi connectivity index (χ0) is 13.6. The zero-order valence-corrected chi connectivity index (χ0v) is 15.4. The molecule has 0 nitrogen and oxygen atoms in total. The van der Waals surface area contributed by atoms with E-state index in [0.29, 0.717) is 0 Å². The topological polar surface area (TPSA) is 0 Å². The van der Waals surface area contributed by atoms with Crippen LogP contribution < -0.4 is 8.70 Å². The Morgan fingerprint density at radius 1 is 0.700 bits per heavy atom. The van der Waals surface area contributed by atoms with Crippen LogP contribution in [0.25, 0.3) is 0 Å². The molecular formula is C18H20As2. The van der Waals surface area contributed by atoms with Crippen molar-refractivity contribution in [1.29, 1.82) is 0 Å². The Balaban J connectivity index is 1.98. The van der Waals surface area contributed by atoms with Gasteiger partial charge in [0, 0.05) is 0 Å². The predicted octanol–water partition coefficient (Wildman–Crippen LogP) is 3.15. The molecule has 0 saturated carbocycles. The Morgan fingerprint density at radius 2 is 1.35 bits per heavy atom. The summed E-state index contributed by atoms with van der Waals surface area (Å²) >= 11 is -1.94. The third-order valence-corrected chi connectivity index (χ3v) is 25.2. The van der Waals surface area contributed by atoms with Crippen molar-refractivity contribution in [1.82, 2.24) is 0 Å². The summed E-state index contributed by atoms with van der Waals surface area (Å²) < 4.78 is 3.34. The molecule has 2 aromatic rings. The van der Waals surface area contributed by atoms with Crippen molar-refractivity contribution in [3.63, 3.8) is 0 Å². The van der Waals surface area contributed by atoms with Crippen molar-refractivity contribution in [3.05, 3.63) is 71.6 Å². The van der Waals surface area contributed by atoms with Crippen molar-refractivity contribution in [3.8, 4) is 0 Å². The molecule has 0 aliphatic carbocycles. The number of hydrogen-bond donors (Lipinski definition) is 0. The molecule has 1 aliphatic rings. The van der Waals surface area contributed by atoms with E-state index in [1.807, 2.05) is 0 Å². The van der Waals surface area contributed by atoms with Crippen LogP contribution in [-0.4, -0.2) is 25.2 Å². The molecule has 0 N–H and O–H groups in total. The van der Waals surface area contributed by atoms with Crippen molar-refractivity contribution in [2.24, 2.45) is 0 Å². The quantitative estimate of drug-likeness (QED) is 0.696. The molecule has 0 saturated heterocycles. The molecule has 0 amide bonds. The first-order valence-electron chi connectivity index (χ1n) is 7.28. The fourth-order valence-corrected chi connectivity index (χ4v) is 24.6. The van der Waals surface area contributed by atoms with E-state index < -0.39 is 25.2 Å². The summed E-state index contributed by atoms with van der Waals surface area (Å²) in [6, 6.07) is 22.7. The van der Waals surface area contributed by atoms with Crippen molar-refractivity contribution in [2.45, 2.75) is 24.5 Å². The average Bonchev–Trinajstić information content (AvgIpc) is 2.49. The normalized spacial score (nSPS) is 23.0. The molecule has 2 atom stereocenters. The molecule has 2 heteroatoms. The fourth-order valence-electron chi connectivity index (χ4n) is 2.55. The fraction of sp³-hybridized carbons (Fsp3) is 0.222. The summed E-state index contributed by atoms with van der Waals surface area (Å²) in [4.78, 5) is 2.65. The molecule has 0 spiro atoms. The van der Waals surface area contributed by atoms with Gasteiger partial charge in [0.05, 0.1) is 0 Å². The Hall–Kier alpha value is -0.703. The van der Waals surface area contributed by atoms with Crippen LogP contribution >= 0.6 is 0 Å². The second kappa shape index (κ2) is 7.35. The Kier molecular flexibility index (Phi) is 5.23. The van der Waals surface area contributed by atoms with Crippen molar-refractivity contribution >= 4 is 33.9 Å². The summed E-state index contributed by atoms with van der Waals surface area (Å²) in [7, 11) is 0. The maximum atomic E-state index is 2.65. The van der Waals surface area contributed by atoms with Crippen LogP contribution in [0.3, 0.4) is 0 Å².